The number of carbonyl (C=O) groups excluding carboxylic acids is 2. The van der Waals surface area contributed by atoms with Gasteiger partial charge in [-0.05, 0) is 61.5 Å². The molecule has 0 saturated carbocycles. The van der Waals surface area contributed by atoms with E-state index < -0.39 is 30.6 Å². The molecular weight excluding hydrogens is 451 g/mol. The van der Waals surface area contributed by atoms with Gasteiger partial charge < -0.3 is 14.8 Å². The number of carbonyl (C=O) groups is 2. The third-order valence-electron chi connectivity index (χ3n) is 4.78. The van der Waals surface area contributed by atoms with Crippen LogP contribution in [0.2, 0.25) is 0 Å². The van der Waals surface area contributed by atoms with Crippen LogP contribution in [0.4, 0.5) is 18.9 Å². The Morgan fingerprint density at radius 1 is 1.00 bits per heavy atom. The monoisotopic (exact) mass is 469 g/mol. The molecule has 4 rings (SSSR count). The largest absolute Gasteiger partial charge is 0.573 e. The first-order valence-electron chi connectivity index (χ1n) is 10.1. The summed E-state index contributed by atoms with van der Waals surface area (Å²) in [7, 11) is 0. The zero-order valence-electron chi connectivity index (χ0n) is 17.8. The van der Waals surface area contributed by atoms with Crippen molar-refractivity contribution in [1.29, 1.82) is 0 Å². The number of hydrogen-bond donors (Lipinski definition) is 1. The lowest BCUT2D eigenvalue weighted by atomic mass is 10.2. The molecule has 10 heteroatoms. The van der Waals surface area contributed by atoms with E-state index in [1.54, 1.807) is 18.2 Å². The van der Waals surface area contributed by atoms with E-state index >= 15 is 0 Å². The van der Waals surface area contributed by atoms with Gasteiger partial charge in [0.2, 0.25) is 0 Å². The van der Waals surface area contributed by atoms with Crippen molar-refractivity contribution in [1.82, 2.24) is 9.55 Å². The smallest absolute Gasteiger partial charge is 0.452 e. The SMILES string of the molecule is Cc1nc2cc(C(=O)OCC(=O)Nc3ccc(OC(F)(F)F)cc3)ccc2n1-c1ccccc1. The van der Waals surface area contributed by atoms with E-state index in [0.29, 0.717) is 5.52 Å². The Balaban J connectivity index is 1.38. The summed E-state index contributed by atoms with van der Waals surface area (Å²) in [6.07, 6.45) is -4.81. The first kappa shape index (κ1) is 22.8. The van der Waals surface area contributed by atoms with Gasteiger partial charge >= 0.3 is 12.3 Å². The van der Waals surface area contributed by atoms with Crippen molar-refractivity contribution < 1.29 is 32.2 Å². The van der Waals surface area contributed by atoms with Gasteiger partial charge in [-0.3, -0.25) is 9.36 Å². The summed E-state index contributed by atoms with van der Waals surface area (Å²) in [5, 5.41) is 2.43. The summed E-state index contributed by atoms with van der Waals surface area (Å²) in [4.78, 5) is 29.0. The zero-order chi connectivity index (χ0) is 24.3. The minimum absolute atomic E-state index is 0.221. The van der Waals surface area contributed by atoms with Gasteiger partial charge in [-0.25, -0.2) is 9.78 Å². The molecule has 0 aliphatic rings. The van der Waals surface area contributed by atoms with Crippen LogP contribution in [0.3, 0.4) is 0 Å². The van der Waals surface area contributed by atoms with E-state index in [-0.39, 0.29) is 11.3 Å². The Hall–Kier alpha value is -4.34. The number of esters is 1. The van der Waals surface area contributed by atoms with Crippen molar-refractivity contribution in [2.24, 2.45) is 0 Å². The summed E-state index contributed by atoms with van der Waals surface area (Å²) < 4.78 is 47.4. The van der Waals surface area contributed by atoms with Gasteiger partial charge in [0.25, 0.3) is 5.91 Å². The number of amides is 1. The molecular formula is C24H18F3N3O4. The molecule has 1 amide bonds. The molecule has 1 N–H and O–H groups in total. The second-order valence-corrected chi connectivity index (χ2v) is 7.23. The quantitative estimate of drug-likeness (QED) is 0.401. The van der Waals surface area contributed by atoms with E-state index in [1.807, 2.05) is 41.8 Å². The maximum absolute atomic E-state index is 12.4. The van der Waals surface area contributed by atoms with Crippen molar-refractivity contribution in [3.05, 3.63) is 84.2 Å². The minimum Gasteiger partial charge on any atom is -0.452 e. The number of hydrogen-bond acceptors (Lipinski definition) is 5. The summed E-state index contributed by atoms with van der Waals surface area (Å²) in [5.74, 6) is -1.03. The second-order valence-electron chi connectivity index (χ2n) is 7.23. The minimum atomic E-state index is -4.81. The van der Waals surface area contributed by atoms with Gasteiger partial charge in [-0.1, -0.05) is 18.2 Å². The third-order valence-corrected chi connectivity index (χ3v) is 4.78. The van der Waals surface area contributed by atoms with E-state index in [0.717, 1.165) is 29.2 Å². The number of benzene rings is 3. The van der Waals surface area contributed by atoms with Crippen LogP contribution in [-0.2, 0) is 9.53 Å². The second kappa shape index (κ2) is 9.26. The highest BCUT2D eigenvalue weighted by Crippen LogP contribution is 2.24. The van der Waals surface area contributed by atoms with Crippen molar-refractivity contribution in [2.45, 2.75) is 13.3 Å². The van der Waals surface area contributed by atoms with E-state index in [1.165, 1.54) is 12.1 Å². The zero-order valence-corrected chi connectivity index (χ0v) is 17.8. The number of rotatable bonds is 6. The first-order chi connectivity index (χ1) is 16.2. The maximum atomic E-state index is 12.4. The lowest BCUT2D eigenvalue weighted by Gasteiger charge is -2.10. The van der Waals surface area contributed by atoms with Crippen molar-refractivity contribution in [3.8, 4) is 11.4 Å². The van der Waals surface area contributed by atoms with E-state index in [4.69, 9.17) is 4.74 Å². The number of nitrogens with one attached hydrogen (secondary N) is 1. The Morgan fingerprint density at radius 3 is 2.38 bits per heavy atom. The number of aryl methyl sites for hydroxylation is 1. The normalized spacial score (nSPS) is 11.3. The van der Waals surface area contributed by atoms with Gasteiger partial charge in [0.15, 0.2) is 6.61 Å². The molecule has 0 aliphatic heterocycles. The first-order valence-corrected chi connectivity index (χ1v) is 10.1. The Bertz CT molecular complexity index is 1330. The predicted octanol–water partition coefficient (Wildman–Crippen LogP) is 5.03. The fourth-order valence-electron chi connectivity index (χ4n) is 3.38. The van der Waals surface area contributed by atoms with Crippen LogP contribution < -0.4 is 10.1 Å². The molecule has 0 atom stereocenters. The Kier molecular flexibility index (Phi) is 6.22. The number of imidazole rings is 1. The molecule has 0 fully saturated rings. The number of fused-ring (bicyclic) bond motifs is 1. The third kappa shape index (κ3) is 5.34. The average Bonchev–Trinajstić information content (AvgIpc) is 3.13. The topological polar surface area (TPSA) is 82.4 Å². The lowest BCUT2D eigenvalue weighted by Crippen LogP contribution is -2.21. The highest BCUT2D eigenvalue weighted by molar-refractivity contribution is 5.97. The molecule has 34 heavy (non-hydrogen) atoms. The molecule has 0 aliphatic carbocycles. The van der Waals surface area contributed by atoms with Crippen LogP contribution in [0, 0.1) is 6.92 Å². The van der Waals surface area contributed by atoms with Crippen LogP contribution >= 0.6 is 0 Å². The molecule has 7 nitrogen and oxygen atoms in total. The van der Waals surface area contributed by atoms with Crippen LogP contribution in [-0.4, -0.2) is 34.4 Å². The summed E-state index contributed by atoms with van der Waals surface area (Å²) in [6.45, 7) is 1.28. The van der Waals surface area contributed by atoms with Gasteiger partial charge in [-0.15, -0.1) is 13.2 Å². The number of anilines is 1. The lowest BCUT2D eigenvalue weighted by molar-refractivity contribution is -0.274. The molecule has 0 unspecified atom stereocenters. The number of para-hydroxylation sites is 1. The van der Waals surface area contributed by atoms with Gasteiger partial charge in [0.05, 0.1) is 16.6 Å². The predicted molar refractivity (Wildman–Crippen MR) is 118 cm³/mol. The molecule has 3 aromatic carbocycles. The van der Waals surface area contributed by atoms with Crippen LogP contribution in [0.5, 0.6) is 5.75 Å². The Labute approximate surface area is 191 Å². The van der Waals surface area contributed by atoms with Crippen molar-refractivity contribution in [2.75, 3.05) is 11.9 Å². The fraction of sp³-hybridized carbons (Fsp3) is 0.125. The number of ether oxygens (including phenoxy) is 2. The highest BCUT2D eigenvalue weighted by atomic mass is 19.4. The van der Waals surface area contributed by atoms with Crippen LogP contribution in [0.25, 0.3) is 16.7 Å². The standard InChI is InChI=1S/C24H18F3N3O4/c1-15-28-20-13-16(7-12-21(20)30(15)18-5-3-2-4-6-18)23(32)33-14-22(31)29-17-8-10-19(11-9-17)34-24(25,26)27/h2-13H,14H2,1H3,(H,29,31). The fourth-order valence-corrected chi connectivity index (χ4v) is 3.38. The molecule has 0 spiro atoms. The van der Waals surface area contributed by atoms with Crippen LogP contribution in [0.15, 0.2) is 72.8 Å². The van der Waals surface area contributed by atoms with Gasteiger partial charge in [-0.2, -0.15) is 0 Å². The molecule has 4 aromatic rings. The molecule has 1 heterocycles. The van der Waals surface area contributed by atoms with Crippen molar-refractivity contribution in [3.63, 3.8) is 0 Å². The summed E-state index contributed by atoms with van der Waals surface area (Å²) in [6, 6.07) is 19.2. The summed E-state index contributed by atoms with van der Waals surface area (Å²) in [5.41, 5.74) is 2.80. The average molecular weight is 469 g/mol. The highest BCUT2D eigenvalue weighted by Gasteiger charge is 2.31. The molecule has 0 bridgehead atoms. The number of nitrogens with zero attached hydrogens (tertiary/aromatic N) is 2. The Morgan fingerprint density at radius 2 is 1.71 bits per heavy atom. The van der Waals surface area contributed by atoms with Crippen molar-refractivity contribution >= 4 is 28.6 Å². The molecule has 0 saturated heterocycles. The van der Waals surface area contributed by atoms with Gasteiger partial charge in [0.1, 0.15) is 11.6 Å². The number of aromatic nitrogens is 2. The molecule has 0 radical (unpaired) electrons. The van der Waals surface area contributed by atoms with Crippen LogP contribution in [0.1, 0.15) is 16.2 Å². The maximum Gasteiger partial charge on any atom is 0.573 e. The van der Waals surface area contributed by atoms with E-state index in [9.17, 15) is 22.8 Å². The summed E-state index contributed by atoms with van der Waals surface area (Å²) >= 11 is 0. The number of halogens is 3. The molecule has 174 valence electrons. The van der Waals surface area contributed by atoms with E-state index in [2.05, 4.69) is 15.0 Å². The number of alkyl halides is 3. The molecule has 1 aromatic heterocycles. The van der Waals surface area contributed by atoms with Gasteiger partial charge in [0, 0.05) is 11.4 Å².